The van der Waals surface area contributed by atoms with E-state index in [4.69, 9.17) is 25.8 Å². The topological polar surface area (TPSA) is 65.0 Å². The summed E-state index contributed by atoms with van der Waals surface area (Å²) in [6.07, 6.45) is 0. The van der Waals surface area contributed by atoms with E-state index in [1.165, 1.54) is 11.3 Å². The Balaban J connectivity index is 1.80. The van der Waals surface area contributed by atoms with E-state index in [0.29, 0.717) is 27.4 Å². The normalized spacial score (nSPS) is 11.2. The Labute approximate surface area is 172 Å². The zero-order valence-corrected chi connectivity index (χ0v) is 17.5. The largest absolute Gasteiger partial charge is 0.493 e. The van der Waals surface area contributed by atoms with E-state index < -0.39 is 0 Å². The van der Waals surface area contributed by atoms with Gasteiger partial charge in [-0.05, 0) is 31.2 Å². The Kier molecular flexibility index (Phi) is 6.38. The summed E-state index contributed by atoms with van der Waals surface area (Å²) in [6, 6.07) is 11.3. The summed E-state index contributed by atoms with van der Waals surface area (Å²) in [5.41, 5.74) is 6.47. The van der Waals surface area contributed by atoms with Gasteiger partial charge in [-0.3, -0.25) is 5.43 Å². The number of ether oxygens (including phenoxy) is 3. The molecule has 0 atom stereocenters. The number of hydrazone groups is 1. The molecule has 146 valence electrons. The second-order valence-corrected chi connectivity index (χ2v) is 7.06. The van der Waals surface area contributed by atoms with Crippen molar-refractivity contribution in [3.63, 3.8) is 0 Å². The molecule has 8 heteroatoms. The predicted octanol–water partition coefficient (Wildman–Crippen LogP) is 5.33. The third-order valence-electron chi connectivity index (χ3n) is 4.05. The molecule has 0 saturated heterocycles. The third-order valence-corrected chi connectivity index (χ3v) is 5.04. The lowest BCUT2D eigenvalue weighted by molar-refractivity contribution is 0.324. The Hall–Kier alpha value is -2.77. The van der Waals surface area contributed by atoms with Gasteiger partial charge in [0.05, 0.1) is 32.7 Å². The van der Waals surface area contributed by atoms with E-state index in [2.05, 4.69) is 15.5 Å². The minimum atomic E-state index is 0.544. The molecule has 1 aromatic heterocycles. The number of rotatable bonds is 7. The fourth-order valence-electron chi connectivity index (χ4n) is 2.56. The molecule has 6 nitrogen and oxygen atoms in total. The second-order valence-electron chi connectivity index (χ2n) is 5.77. The smallest absolute Gasteiger partial charge is 0.203 e. The van der Waals surface area contributed by atoms with Crippen molar-refractivity contribution in [3.05, 3.63) is 52.4 Å². The van der Waals surface area contributed by atoms with Crippen LogP contribution in [0, 0.1) is 0 Å². The van der Waals surface area contributed by atoms with Gasteiger partial charge >= 0.3 is 0 Å². The standard InChI is InChI=1S/C20H20ClN3O3S/c1-12(14-9-17(25-2)19(27-4)18(10-14)26-3)23-24-20-22-16(11-28-20)13-5-7-15(21)8-6-13/h5-11H,1-4H3,(H,22,24)/b23-12+. The highest BCUT2D eigenvalue weighted by Gasteiger charge is 2.14. The molecule has 1 N–H and O–H groups in total. The zero-order valence-electron chi connectivity index (χ0n) is 15.9. The lowest BCUT2D eigenvalue weighted by Gasteiger charge is -2.14. The summed E-state index contributed by atoms with van der Waals surface area (Å²) in [7, 11) is 4.74. The summed E-state index contributed by atoms with van der Waals surface area (Å²) < 4.78 is 16.1. The number of benzene rings is 2. The van der Waals surface area contributed by atoms with E-state index in [0.717, 1.165) is 22.5 Å². The van der Waals surface area contributed by atoms with Gasteiger partial charge in [0.1, 0.15) is 0 Å². The molecule has 0 radical (unpaired) electrons. The Morgan fingerprint density at radius 2 is 1.68 bits per heavy atom. The molecule has 0 bridgehead atoms. The fourth-order valence-corrected chi connectivity index (χ4v) is 3.35. The van der Waals surface area contributed by atoms with E-state index >= 15 is 0 Å². The lowest BCUT2D eigenvalue weighted by Crippen LogP contribution is -2.03. The molecule has 0 fully saturated rings. The molecule has 3 rings (SSSR count). The van der Waals surface area contributed by atoms with E-state index in [1.54, 1.807) is 21.3 Å². The Morgan fingerprint density at radius 3 is 2.25 bits per heavy atom. The summed E-state index contributed by atoms with van der Waals surface area (Å²) >= 11 is 7.41. The van der Waals surface area contributed by atoms with Crippen LogP contribution < -0.4 is 19.6 Å². The van der Waals surface area contributed by atoms with Crippen LogP contribution in [-0.2, 0) is 0 Å². The van der Waals surface area contributed by atoms with Crippen molar-refractivity contribution in [1.82, 2.24) is 4.98 Å². The summed E-state index contributed by atoms with van der Waals surface area (Å²) in [5, 5.41) is 7.79. The number of thiazole rings is 1. The van der Waals surface area contributed by atoms with Gasteiger partial charge in [-0.2, -0.15) is 5.10 Å². The second kappa shape index (κ2) is 8.95. The summed E-state index contributed by atoms with van der Waals surface area (Å²) in [5.74, 6) is 1.69. The van der Waals surface area contributed by atoms with Crippen LogP contribution in [0.5, 0.6) is 17.2 Å². The van der Waals surface area contributed by atoms with Gasteiger partial charge in [0.2, 0.25) is 10.9 Å². The molecule has 0 aliphatic heterocycles. The maximum absolute atomic E-state index is 5.94. The number of halogens is 1. The average molecular weight is 418 g/mol. The Morgan fingerprint density at radius 1 is 1.04 bits per heavy atom. The molecule has 0 amide bonds. The van der Waals surface area contributed by atoms with Crippen molar-refractivity contribution in [1.29, 1.82) is 0 Å². The van der Waals surface area contributed by atoms with E-state index in [1.807, 2.05) is 48.7 Å². The van der Waals surface area contributed by atoms with Crippen molar-refractivity contribution in [2.75, 3.05) is 26.8 Å². The van der Waals surface area contributed by atoms with Crippen molar-refractivity contribution in [2.24, 2.45) is 5.10 Å². The van der Waals surface area contributed by atoms with Gasteiger partial charge < -0.3 is 14.2 Å². The maximum atomic E-state index is 5.94. The molecular weight excluding hydrogens is 398 g/mol. The SMILES string of the molecule is COc1cc(/C(C)=N/Nc2nc(-c3ccc(Cl)cc3)cs2)cc(OC)c1OC. The summed E-state index contributed by atoms with van der Waals surface area (Å²) in [6.45, 7) is 1.89. The number of anilines is 1. The van der Waals surface area contributed by atoms with Crippen LogP contribution in [0.2, 0.25) is 5.02 Å². The van der Waals surface area contributed by atoms with Crippen molar-refractivity contribution in [3.8, 4) is 28.5 Å². The van der Waals surface area contributed by atoms with Crippen molar-refractivity contribution < 1.29 is 14.2 Å². The van der Waals surface area contributed by atoms with Gasteiger partial charge in [-0.1, -0.05) is 23.7 Å². The molecule has 28 heavy (non-hydrogen) atoms. The molecule has 0 aliphatic rings. The van der Waals surface area contributed by atoms with Crippen molar-refractivity contribution >= 4 is 33.8 Å². The molecule has 0 aliphatic carbocycles. The fraction of sp³-hybridized carbons (Fsp3) is 0.200. The minimum absolute atomic E-state index is 0.544. The molecule has 3 aromatic rings. The predicted molar refractivity (Wildman–Crippen MR) is 114 cm³/mol. The molecule has 0 unspecified atom stereocenters. The highest BCUT2D eigenvalue weighted by molar-refractivity contribution is 7.14. The van der Waals surface area contributed by atoms with Gasteiger partial charge in [0.15, 0.2) is 11.5 Å². The number of nitrogens with one attached hydrogen (secondary N) is 1. The first-order valence-electron chi connectivity index (χ1n) is 8.38. The minimum Gasteiger partial charge on any atom is -0.493 e. The third kappa shape index (κ3) is 4.37. The molecule has 2 aromatic carbocycles. The first kappa shape index (κ1) is 20.0. The Bertz CT molecular complexity index is 962. The van der Waals surface area contributed by atoms with Gasteiger partial charge in [0.25, 0.3) is 0 Å². The van der Waals surface area contributed by atoms with Crippen LogP contribution in [-0.4, -0.2) is 32.0 Å². The number of hydrogen-bond donors (Lipinski definition) is 1. The molecule has 1 heterocycles. The summed E-state index contributed by atoms with van der Waals surface area (Å²) in [4.78, 5) is 4.56. The zero-order chi connectivity index (χ0) is 20.1. The van der Waals surface area contributed by atoms with Crippen LogP contribution in [0.3, 0.4) is 0 Å². The number of hydrogen-bond acceptors (Lipinski definition) is 7. The molecule has 0 saturated carbocycles. The highest BCUT2D eigenvalue weighted by atomic mass is 35.5. The monoisotopic (exact) mass is 417 g/mol. The van der Waals surface area contributed by atoms with Crippen LogP contribution in [0.1, 0.15) is 12.5 Å². The van der Waals surface area contributed by atoms with E-state index in [9.17, 15) is 0 Å². The number of aromatic nitrogens is 1. The maximum Gasteiger partial charge on any atom is 0.203 e. The van der Waals surface area contributed by atoms with E-state index in [-0.39, 0.29) is 0 Å². The van der Waals surface area contributed by atoms with Gasteiger partial charge in [0, 0.05) is 21.5 Å². The highest BCUT2D eigenvalue weighted by Crippen LogP contribution is 2.38. The lowest BCUT2D eigenvalue weighted by atomic mass is 10.1. The van der Waals surface area contributed by atoms with Gasteiger partial charge in [-0.15, -0.1) is 11.3 Å². The number of methoxy groups -OCH3 is 3. The van der Waals surface area contributed by atoms with Crippen LogP contribution >= 0.6 is 22.9 Å². The van der Waals surface area contributed by atoms with Crippen molar-refractivity contribution in [2.45, 2.75) is 6.92 Å². The van der Waals surface area contributed by atoms with Gasteiger partial charge in [-0.25, -0.2) is 4.98 Å². The first-order valence-corrected chi connectivity index (χ1v) is 9.63. The van der Waals surface area contributed by atoms with Crippen LogP contribution in [0.25, 0.3) is 11.3 Å². The molecule has 0 spiro atoms. The molecular formula is C20H20ClN3O3S. The number of nitrogens with zero attached hydrogens (tertiary/aromatic N) is 2. The average Bonchev–Trinajstić information content (AvgIpc) is 3.20. The first-order chi connectivity index (χ1) is 13.5. The van der Waals surface area contributed by atoms with Crippen LogP contribution in [0.15, 0.2) is 46.9 Å². The van der Waals surface area contributed by atoms with Crippen LogP contribution in [0.4, 0.5) is 5.13 Å². The quantitative estimate of drug-likeness (QED) is 0.416.